The Morgan fingerprint density at radius 2 is 2.29 bits per heavy atom. The van der Waals surface area contributed by atoms with Gasteiger partial charge in [0.05, 0.1) is 0 Å². The van der Waals surface area contributed by atoms with Crippen LogP contribution in [0.2, 0.25) is 0 Å². The number of fused-ring (bicyclic) bond motifs is 1. The van der Waals surface area contributed by atoms with Gasteiger partial charge in [0, 0.05) is 34.8 Å². The molecule has 0 spiro atoms. The number of nitrogens with zero attached hydrogens (tertiary/aromatic N) is 1. The topological polar surface area (TPSA) is 41.3 Å². The maximum absolute atomic E-state index is 5.99. The molecule has 0 bridgehead atoms. The van der Waals surface area contributed by atoms with Crippen LogP contribution < -0.4 is 11.1 Å². The molecule has 3 N–H and O–H groups in total. The minimum absolute atomic E-state index is 0.496. The summed E-state index contributed by atoms with van der Waals surface area (Å²) in [6, 6.07) is 7.55. The minimum Gasteiger partial charge on any atom is -0.389 e. The van der Waals surface area contributed by atoms with E-state index in [1.165, 1.54) is 37.2 Å². The summed E-state index contributed by atoms with van der Waals surface area (Å²) in [5, 5.41) is 3.74. The van der Waals surface area contributed by atoms with Crippen LogP contribution in [0.3, 0.4) is 0 Å². The van der Waals surface area contributed by atoms with Gasteiger partial charge < -0.3 is 11.1 Å². The lowest BCUT2D eigenvalue weighted by molar-refractivity contribution is 0.318. The first kappa shape index (κ1) is 15.1. The van der Waals surface area contributed by atoms with Gasteiger partial charge in [-0.2, -0.15) is 0 Å². The maximum Gasteiger partial charge on any atom is 0.107 e. The first-order valence-electron chi connectivity index (χ1n) is 7.77. The molecule has 2 aliphatic heterocycles. The summed E-state index contributed by atoms with van der Waals surface area (Å²) in [7, 11) is 0. The van der Waals surface area contributed by atoms with E-state index in [9.17, 15) is 0 Å². The molecule has 2 heterocycles. The van der Waals surface area contributed by atoms with Crippen molar-refractivity contribution in [3.63, 3.8) is 0 Å². The van der Waals surface area contributed by atoms with E-state index in [1.54, 1.807) is 11.8 Å². The van der Waals surface area contributed by atoms with E-state index in [1.807, 2.05) is 0 Å². The van der Waals surface area contributed by atoms with Crippen molar-refractivity contribution in [1.82, 2.24) is 4.90 Å². The predicted molar refractivity (Wildman–Crippen MR) is 95.4 cm³/mol. The summed E-state index contributed by atoms with van der Waals surface area (Å²) in [6.07, 6.45) is 3.85. The van der Waals surface area contributed by atoms with Crippen molar-refractivity contribution in [1.29, 1.82) is 0 Å². The van der Waals surface area contributed by atoms with Gasteiger partial charge in [0.15, 0.2) is 0 Å². The molecule has 0 aliphatic carbocycles. The Kier molecular flexibility index (Phi) is 4.72. The van der Waals surface area contributed by atoms with E-state index < -0.39 is 0 Å². The van der Waals surface area contributed by atoms with Crippen molar-refractivity contribution < 1.29 is 0 Å². The van der Waals surface area contributed by atoms with Crippen LogP contribution in [0.15, 0.2) is 23.1 Å². The molecule has 3 rings (SSSR count). The molecule has 0 radical (unpaired) electrons. The van der Waals surface area contributed by atoms with E-state index in [4.69, 9.17) is 18.0 Å². The van der Waals surface area contributed by atoms with Gasteiger partial charge in [-0.05, 0) is 43.7 Å². The predicted octanol–water partition coefficient (Wildman–Crippen LogP) is 3.08. The first-order valence-corrected chi connectivity index (χ1v) is 9.16. The molecule has 2 atom stereocenters. The van der Waals surface area contributed by atoms with Crippen LogP contribution in [-0.4, -0.2) is 40.8 Å². The number of hydrogen-bond donors (Lipinski definition) is 2. The number of benzene rings is 1. The fourth-order valence-electron chi connectivity index (χ4n) is 3.63. The lowest BCUT2D eigenvalue weighted by atomic mass is 10.0. The smallest absolute Gasteiger partial charge is 0.107 e. The van der Waals surface area contributed by atoms with E-state index >= 15 is 0 Å². The fourth-order valence-corrected chi connectivity index (χ4v) is 4.77. The SMILES string of the molecule is CCSc1cccc(NC2CCN3CCCC23)c1C(N)=S. The number of hydrogen-bond acceptors (Lipinski definition) is 4. The third kappa shape index (κ3) is 3.05. The van der Waals surface area contributed by atoms with E-state index in [-0.39, 0.29) is 0 Å². The molecule has 1 aromatic carbocycles. The maximum atomic E-state index is 5.99. The van der Waals surface area contributed by atoms with E-state index in [2.05, 4.69) is 35.3 Å². The molecule has 0 amide bonds. The number of thioether (sulfide) groups is 1. The summed E-state index contributed by atoms with van der Waals surface area (Å²) >= 11 is 7.10. The van der Waals surface area contributed by atoms with Crippen molar-refractivity contribution in [2.75, 3.05) is 24.2 Å². The Morgan fingerprint density at radius 3 is 3.05 bits per heavy atom. The molecule has 5 heteroatoms. The molecule has 21 heavy (non-hydrogen) atoms. The second kappa shape index (κ2) is 6.55. The zero-order chi connectivity index (χ0) is 14.8. The second-order valence-electron chi connectivity index (χ2n) is 5.76. The van der Waals surface area contributed by atoms with Crippen LogP contribution in [0.5, 0.6) is 0 Å². The second-order valence-corrected chi connectivity index (χ2v) is 7.51. The third-order valence-electron chi connectivity index (χ3n) is 4.52. The molecule has 3 nitrogen and oxygen atoms in total. The molecule has 114 valence electrons. The van der Waals surface area contributed by atoms with Crippen LogP contribution >= 0.6 is 24.0 Å². The van der Waals surface area contributed by atoms with Gasteiger partial charge in [-0.15, -0.1) is 11.8 Å². The molecule has 1 aromatic rings. The van der Waals surface area contributed by atoms with Gasteiger partial charge in [0.25, 0.3) is 0 Å². The van der Waals surface area contributed by atoms with Crippen molar-refractivity contribution in [3.05, 3.63) is 23.8 Å². The Morgan fingerprint density at radius 1 is 1.43 bits per heavy atom. The quantitative estimate of drug-likeness (QED) is 0.644. The minimum atomic E-state index is 0.496. The van der Waals surface area contributed by atoms with Crippen LogP contribution in [0.25, 0.3) is 0 Å². The first-order chi connectivity index (χ1) is 10.2. The van der Waals surface area contributed by atoms with Gasteiger partial charge in [-0.25, -0.2) is 0 Å². The average Bonchev–Trinajstić information content (AvgIpc) is 3.04. The largest absolute Gasteiger partial charge is 0.389 e. The van der Waals surface area contributed by atoms with Crippen LogP contribution in [0.4, 0.5) is 5.69 Å². The van der Waals surface area contributed by atoms with Crippen molar-refractivity contribution in [2.24, 2.45) is 5.73 Å². The Labute approximate surface area is 136 Å². The highest BCUT2D eigenvalue weighted by molar-refractivity contribution is 7.99. The molecular formula is C16H23N3S2. The lowest BCUT2D eigenvalue weighted by Crippen LogP contribution is -2.34. The summed E-state index contributed by atoms with van der Waals surface area (Å²) in [5.41, 5.74) is 8.13. The Bertz CT molecular complexity index is 532. The molecule has 2 fully saturated rings. The Hall–Kier alpha value is -0.780. The summed E-state index contributed by atoms with van der Waals surface area (Å²) in [4.78, 5) is 4.30. The normalized spacial score (nSPS) is 25.0. The van der Waals surface area contributed by atoms with Gasteiger partial charge in [0.2, 0.25) is 0 Å². The number of thiocarbonyl (C=S) groups is 1. The average molecular weight is 322 g/mol. The van der Waals surface area contributed by atoms with Gasteiger partial charge in [0.1, 0.15) is 4.99 Å². The zero-order valence-corrected chi connectivity index (χ0v) is 14.1. The number of nitrogens with one attached hydrogen (secondary N) is 1. The molecule has 2 unspecified atom stereocenters. The highest BCUT2D eigenvalue weighted by Crippen LogP contribution is 2.33. The van der Waals surface area contributed by atoms with Gasteiger partial charge >= 0.3 is 0 Å². The lowest BCUT2D eigenvalue weighted by Gasteiger charge is -2.24. The zero-order valence-electron chi connectivity index (χ0n) is 12.5. The molecule has 2 saturated heterocycles. The number of anilines is 1. The van der Waals surface area contributed by atoms with Gasteiger partial charge in [-0.1, -0.05) is 25.2 Å². The number of rotatable bonds is 5. The molecule has 2 aliphatic rings. The fraction of sp³-hybridized carbons (Fsp3) is 0.562. The van der Waals surface area contributed by atoms with Crippen molar-refractivity contribution in [3.8, 4) is 0 Å². The van der Waals surface area contributed by atoms with Crippen molar-refractivity contribution >= 4 is 34.7 Å². The van der Waals surface area contributed by atoms with Crippen molar-refractivity contribution in [2.45, 2.75) is 43.2 Å². The highest BCUT2D eigenvalue weighted by atomic mass is 32.2. The standard InChI is InChI=1S/C16H23N3S2/c1-2-21-14-7-3-5-12(15(14)16(17)20)18-11-8-10-19-9-4-6-13(11)19/h3,5,7,11,13,18H,2,4,6,8-10H2,1H3,(H2,17,20). The summed E-state index contributed by atoms with van der Waals surface area (Å²) in [5.74, 6) is 1.03. The highest BCUT2D eigenvalue weighted by Gasteiger charge is 2.37. The van der Waals surface area contributed by atoms with Crippen LogP contribution in [-0.2, 0) is 0 Å². The monoisotopic (exact) mass is 321 g/mol. The molecule has 0 saturated carbocycles. The van der Waals surface area contributed by atoms with Crippen LogP contribution in [0.1, 0.15) is 31.7 Å². The Balaban J connectivity index is 1.84. The summed E-state index contributed by atoms with van der Waals surface area (Å²) < 4.78 is 0. The molecular weight excluding hydrogens is 298 g/mol. The molecule has 0 aromatic heterocycles. The summed E-state index contributed by atoms with van der Waals surface area (Å²) in [6.45, 7) is 4.63. The number of nitrogens with two attached hydrogens (primary N) is 1. The van der Waals surface area contributed by atoms with E-state index in [0.717, 1.165) is 17.0 Å². The van der Waals surface area contributed by atoms with Gasteiger partial charge in [-0.3, -0.25) is 4.90 Å². The third-order valence-corrected chi connectivity index (χ3v) is 5.66. The van der Waals surface area contributed by atoms with E-state index in [0.29, 0.717) is 17.1 Å². The van der Waals surface area contributed by atoms with Crippen LogP contribution in [0, 0.1) is 0 Å².